The molecule has 0 fully saturated rings. The van der Waals surface area contributed by atoms with Gasteiger partial charge in [0.2, 0.25) is 0 Å². The molecule has 0 aliphatic carbocycles. The van der Waals surface area contributed by atoms with Gasteiger partial charge in [-0.2, -0.15) is 0 Å². The lowest BCUT2D eigenvalue weighted by atomic mass is 9.80. The van der Waals surface area contributed by atoms with Crippen LogP contribution in [0.4, 0.5) is 0 Å². The molecule has 3 aromatic rings. The Hall–Kier alpha value is -2.29. The van der Waals surface area contributed by atoms with Crippen LogP contribution in [0, 0.1) is 6.92 Å². The van der Waals surface area contributed by atoms with Crippen molar-refractivity contribution in [2.45, 2.75) is 39.2 Å². The van der Waals surface area contributed by atoms with Crippen molar-refractivity contribution in [3.8, 4) is 11.5 Å². The van der Waals surface area contributed by atoms with Gasteiger partial charge in [0.05, 0.1) is 13.2 Å². The first-order chi connectivity index (χ1) is 13.5. The van der Waals surface area contributed by atoms with Crippen LogP contribution in [0.3, 0.4) is 0 Å². The highest BCUT2D eigenvalue weighted by atomic mass is 35.5. The van der Waals surface area contributed by atoms with Gasteiger partial charge in [0.1, 0.15) is 11.5 Å². The van der Waals surface area contributed by atoms with E-state index >= 15 is 0 Å². The predicted molar refractivity (Wildman–Crippen MR) is 116 cm³/mol. The van der Waals surface area contributed by atoms with E-state index in [4.69, 9.17) is 21.1 Å². The van der Waals surface area contributed by atoms with Gasteiger partial charge in [-0.05, 0) is 54.8 Å². The lowest BCUT2D eigenvalue weighted by Crippen LogP contribution is -2.27. The normalized spacial score (nSPS) is 13.1. The molecule has 28 heavy (non-hydrogen) atoms. The van der Waals surface area contributed by atoms with Crippen LogP contribution < -0.4 is 4.74 Å². The molecular weight excluding hydrogens is 368 g/mol. The second kappa shape index (κ2) is 9.27. The fraction of sp³-hybridized carbons (Fsp3) is 0.280. The third kappa shape index (κ3) is 5.37. The van der Waals surface area contributed by atoms with Crippen LogP contribution in [0.1, 0.15) is 37.0 Å². The maximum atomic E-state index is 6.12. The molecule has 0 aromatic heterocycles. The van der Waals surface area contributed by atoms with Crippen LogP contribution in [-0.2, 0) is 16.8 Å². The molecular formula is C25H27ClO2. The predicted octanol–water partition coefficient (Wildman–Crippen LogP) is 7.33. The lowest BCUT2D eigenvalue weighted by Gasteiger charge is -2.29. The van der Waals surface area contributed by atoms with Crippen molar-refractivity contribution < 1.29 is 9.47 Å². The molecule has 0 N–H and O–H groups in total. The standard InChI is InChI=1S/C25H27ClO2/c1-4-25(3,21-10-5-8-19(2)14-21)18-27-17-20-9-6-12-23(15-20)28-24-13-7-11-22(26)16-24/h5-16H,4,17-18H2,1-3H3. The number of hydrogen-bond acceptors (Lipinski definition) is 2. The van der Waals surface area contributed by atoms with E-state index in [9.17, 15) is 0 Å². The Morgan fingerprint density at radius 3 is 2.32 bits per heavy atom. The molecule has 0 radical (unpaired) electrons. The summed E-state index contributed by atoms with van der Waals surface area (Å²) >= 11 is 6.03. The second-order valence-electron chi connectivity index (χ2n) is 7.48. The Morgan fingerprint density at radius 2 is 1.61 bits per heavy atom. The number of halogens is 1. The van der Waals surface area contributed by atoms with E-state index in [-0.39, 0.29) is 5.41 Å². The minimum Gasteiger partial charge on any atom is -0.457 e. The third-order valence-corrected chi connectivity index (χ3v) is 5.35. The van der Waals surface area contributed by atoms with E-state index in [0.717, 1.165) is 23.5 Å². The first-order valence-electron chi connectivity index (χ1n) is 9.66. The highest BCUT2D eigenvalue weighted by Gasteiger charge is 2.25. The van der Waals surface area contributed by atoms with Gasteiger partial charge in [-0.3, -0.25) is 0 Å². The number of aryl methyl sites for hydroxylation is 1. The van der Waals surface area contributed by atoms with Crippen LogP contribution in [0.5, 0.6) is 11.5 Å². The zero-order valence-electron chi connectivity index (χ0n) is 16.7. The molecule has 0 saturated carbocycles. The maximum Gasteiger partial charge on any atom is 0.128 e. The molecule has 3 rings (SSSR count). The van der Waals surface area contributed by atoms with E-state index in [2.05, 4.69) is 51.1 Å². The van der Waals surface area contributed by atoms with Crippen LogP contribution in [0.25, 0.3) is 0 Å². The van der Waals surface area contributed by atoms with Crippen LogP contribution in [0.2, 0.25) is 5.02 Å². The van der Waals surface area contributed by atoms with Gasteiger partial charge >= 0.3 is 0 Å². The Balaban J connectivity index is 1.63. The van der Waals surface area contributed by atoms with Gasteiger partial charge in [0.15, 0.2) is 0 Å². The highest BCUT2D eigenvalue weighted by molar-refractivity contribution is 6.30. The molecule has 0 bridgehead atoms. The fourth-order valence-corrected chi connectivity index (χ4v) is 3.35. The topological polar surface area (TPSA) is 18.5 Å². The van der Waals surface area contributed by atoms with E-state index in [1.807, 2.05) is 36.4 Å². The average molecular weight is 395 g/mol. The Kier molecular flexibility index (Phi) is 6.77. The van der Waals surface area contributed by atoms with Crippen molar-refractivity contribution in [1.82, 2.24) is 0 Å². The van der Waals surface area contributed by atoms with Gasteiger partial charge in [0, 0.05) is 10.4 Å². The molecule has 0 saturated heterocycles. The lowest BCUT2D eigenvalue weighted by molar-refractivity contribution is 0.0747. The molecule has 0 aliphatic heterocycles. The number of ether oxygens (including phenoxy) is 2. The monoisotopic (exact) mass is 394 g/mol. The summed E-state index contributed by atoms with van der Waals surface area (Å²) in [6, 6.07) is 24.1. The SMILES string of the molecule is CCC(C)(COCc1cccc(Oc2cccc(Cl)c2)c1)c1cccc(C)c1. The highest BCUT2D eigenvalue weighted by Crippen LogP contribution is 2.29. The summed E-state index contributed by atoms with van der Waals surface area (Å²) in [5.74, 6) is 1.50. The quantitative estimate of drug-likeness (QED) is 0.398. The van der Waals surface area contributed by atoms with Crippen LogP contribution in [-0.4, -0.2) is 6.61 Å². The van der Waals surface area contributed by atoms with Gasteiger partial charge in [0.25, 0.3) is 0 Å². The molecule has 1 unspecified atom stereocenters. The maximum absolute atomic E-state index is 6.12. The van der Waals surface area contributed by atoms with Crippen LogP contribution in [0.15, 0.2) is 72.8 Å². The molecule has 3 heteroatoms. The number of benzene rings is 3. The van der Waals surface area contributed by atoms with Crippen molar-refractivity contribution >= 4 is 11.6 Å². The summed E-state index contributed by atoms with van der Waals surface area (Å²) in [6.07, 6.45) is 1.02. The van der Waals surface area contributed by atoms with E-state index < -0.39 is 0 Å². The third-order valence-electron chi connectivity index (χ3n) is 5.11. The molecule has 1 atom stereocenters. The smallest absolute Gasteiger partial charge is 0.128 e. The zero-order valence-corrected chi connectivity index (χ0v) is 17.5. The van der Waals surface area contributed by atoms with Gasteiger partial charge in [-0.1, -0.05) is 73.5 Å². The first-order valence-corrected chi connectivity index (χ1v) is 10.0. The van der Waals surface area contributed by atoms with E-state index in [1.165, 1.54) is 11.1 Å². The largest absolute Gasteiger partial charge is 0.457 e. The van der Waals surface area contributed by atoms with Gasteiger partial charge in [-0.25, -0.2) is 0 Å². The van der Waals surface area contributed by atoms with Crippen molar-refractivity contribution in [3.63, 3.8) is 0 Å². The molecule has 2 nitrogen and oxygen atoms in total. The summed E-state index contributed by atoms with van der Waals surface area (Å²) in [5.41, 5.74) is 3.69. The minimum absolute atomic E-state index is 0.000911. The summed E-state index contributed by atoms with van der Waals surface area (Å²) in [5, 5.41) is 0.659. The van der Waals surface area contributed by atoms with Crippen molar-refractivity contribution in [2.75, 3.05) is 6.61 Å². The Bertz CT molecular complexity index is 922. The molecule has 146 valence electrons. The Labute approximate surface area is 173 Å². The van der Waals surface area contributed by atoms with Crippen molar-refractivity contribution in [1.29, 1.82) is 0 Å². The molecule has 0 spiro atoms. The number of rotatable bonds is 8. The summed E-state index contributed by atoms with van der Waals surface area (Å²) in [4.78, 5) is 0. The molecule has 3 aromatic carbocycles. The van der Waals surface area contributed by atoms with E-state index in [0.29, 0.717) is 18.2 Å². The number of hydrogen-bond donors (Lipinski definition) is 0. The van der Waals surface area contributed by atoms with Crippen LogP contribution >= 0.6 is 11.6 Å². The summed E-state index contributed by atoms with van der Waals surface area (Å²) in [7, 11) is 0. The summed E-state index contributed by atoms with van der Waals surface area (Å²) < 4.78 is 12.0. The van der Waals surface area contributed by atoms with Crippen molar-refractivity contribution in [2.24, 2.45) is 0 Å². The second-order valence-corrected chi connectivity index (χ2v) is 7.92. The molecule has 0 amide bonds. The minimum atomic E-state index is 0.000911. The van der Waals surface area contributed by atoms with E-state index in [1.54, 1.807) is 6.07 Å². The first kappa shape index (κ1) is 20.4. The van der Waals surface area contributed by atoms with Gasteiger partial charge in [-0.15, -0.1) is 0 Å². The Morgan fingerprint density at radius 1 is 0.893 bits per heavy atom. The molecule has 0 aliphatic rings. The fourth-order valence-electron chi connectivity index (χ4n) is 3.17. The summed E-state index contributed by atoms with van der Waals surface area (Å²) in [6.45, 7) is 7.83. The molecule has 0 heterocycles. The average Bonchev–Trinajstić information content (AvgIpc) is 2.68. The van der Waals surface area contributed by atoms with Crippen molar-refractivity contribution in [3.05, 3.63) is 94.5 Å². The van der Waals surface area contributed by atoms with Gasteiger partial charge < -0.3 is 9.47 Å². The zero-order chi connectivity index (χ0) is 20.0.